The maximum atomic E-state index is 14.0. The molecule has 3 N–H and O–H groups in total. The van der Waals surface area contributed by atoms with E-state index in [0.717, 1.165) is 17.2 Å². The summed E-state index contributed by atoms with van der Waals surface area (Å²) in [5.41, 5.74) is 3.92. The number of nitrogens with zero attached hydrogens (tertiary/aromatic N) is 4. The quantitative estimate of drug-likeness (QED) is 0.255. The van der Waals surface area contributed by atoms with Gasteiger partial charge in [-0.05, 0) is 46.8 Å². The van der Waals surface area contributed by atoms with Crippen LogP contribution in [0.25, 0.3) is 11.2 Å². The Morgan fingerprint density at radius 2 is 1.74 bits per heavy atom. The standard InChI is InChI=1S/C23H30N5O8PS/c1-14(2)34-37(31,35-15(3)4)36-17(11-29)23(5,33-22(38)32-16-9-7-6-8-10-16)21(30)28-13-27-18-19(24)25-12-26-20(18)28/h6-10,12-15,17,29H,11H2,1-5H3,(H2,24,25,26)/t17-,23+/m0/s1. The molecule has 1 aromatic carbocycles. The smallest absolute Gasteiger partial charge is 0.437 e. The van der Waals surface area contributed by atoms with E-state index in [-0.39, 0.29) is 17.0 Å². The maximum absolute atomic E-state index is 14.0. The monoisotopic (exact) mass is 567 g/mol. The van der Waals surface area contributed by atoms with Gasteiger partial charge < -0.3 is 20.3 Å². The Balaban J connectivity index is 2.06. The highest BCUT2D eigenvalue weighted by Crippen LogP contribution is 2.54. The highest BCUT2D eigenvalue weighted by molar-refractivity contribution is 7.79. The first-order chi connectivity index (χ1) is 17.9. The number of aliphatic hydroxyl groups excluding tert-OH is 1. The molecule has 0 unspecified atom stereocenters. The van der Waals surface area contributed by atoms with Gasteiger partial charge in [-0.15, -0.1) is 0 Å². The number of aromatic nitrogens is 4. The zero-order valence-corrected chi connectivity index (χ0v) is 23.2. The summed E-state index contributed by atoms with van der Waals surface area (Å²) >= 11 is 5.26. The van der Waals surface area contributed by atoms with Crippen molar-refractivity contribution >= 4 is 48.2 Å². The van der Waals surface area contributed by atoms with Gasteiger partial charge in [-0.1, -0.05) is 18.2 Å². The lowest BCUT2D eigenvalue weighted by Crippen LogP contribution is -2.55. The SMILES string of the molecule is CC(C)OP(=O)(OC(C)C)O[C@@H](CO)[C@@](C)(OC(=S)Oc1ccccc1)C(=O)n1cnc2c(N)ncnc21. The first kappa shape index (κ1) is 29.6. The van der Waals surface area contributed by atoms with Gasteiger partial charge in [0.2, 0.25) is 5.60 Å². The van der Waals surface area contributed by atoms with Crippen LogP contribution in [0.3, 0.4) is 0 Å². The van der Waals surface area contributed by atoms with Gasteiger partial charge in [0, 0.05) is 12.2 Å². The molecule has 2 atom stereocenters. The number of phosphoric acid groups is 1. The van der Waals surface area contributed by atoms with E-state index in [2.05, 4.69) is 15.0 Å². The second-order valence-corrected chi connectivity index (χ2v) is 10.6. The Labute approximate surface area is 224 Å². The molecule has 0 saturated carbocycles. The fourth-order valence-corrected chi connectivity index (χ4v) is 5.35. The largest absolute Gasteiger partial charge is 0.475 e. The molecule has 15 heteroatoms. The molecule has 0 amide bonds. The van der Waals surface area contributed by atoms with Crippen molar-refractivity contribution < 1.29 is 37.5 Å². The number of nitrogen functional groups attached to an aromatic ring is 1. The van der Waals surface area contributed by atoms with Crippen LogP contribution in [0.5, 0.6) is 5.75 Å². The summed E-state index contributed by atoms with van der Waals surface area (Å²) in [6.07, 6.45) is -0.481. The predicted molar refractivity (Wildman–Crippen MR) is 142 cm³/mol. The second kappa shape index (κ2) is 12.2. The molecule has 0 fully saturated rings. The zero-order chi connectivity index (χ0) is 28.1. The number of para-hydroxylation sites is 1. The van der Waals surface area contributed by atoms with Gasteiger partial charge in [-0.2, -0.15) is 0 Å². The van der Waals surface area contributed by atoms with Gasteiger partial charge >= 0.3 is 13.1 Å². The van der Waals surface area contributed by atoms with Gasteiger partial charge in [-0.25, -0.2) is 24.1 Å². The zero-order valence-electron chi connectivity index (χ0n) is 21.5. The summed E-state index contributed by atoms with van der Waals surface area (Å²) in [6.45, 7) is 6.92. The van der Waals surface area contributed by atoms with Gasteiger partial charge in [0.15, 0.2) is 17.0 Å². The highest BCUT2D eigenvalue weighted by atomic mass is 32.1. The molecule has 206 valence electrons. The van der Waals surface area contributed by atoms with Crippen LogP contribution in [-0.2, 0) is 22.9 Å². The van der Waals surface area contributed by atoms with E-state index in [1.807, 2.05) is 0 Å². The third-order valence-electron chi connectivity index (χ3n) is 4.96. The molecular formula is C23H30N5O8PS. The number of imidazole rings is 1. The topological polar surface area (TPSA) is 170 Å². The average molecular weight is 568 g/mol. The van der Waals surface area contributed by atoms with Crippen molar-refractivity contribution in [1.82, 2.24) is 19.5 Å². The van der Waals surface area contributed by atoms with Crippen LogP contribution in [-0.4, -0.2) is 66.3 Å². The van der Waals surface area contributed by atoms with Crippen molar-refractivity contribution in [2.45, 2.75) is 58.5 Å². The molecule has 0 aliphatic carbocycles. The Bertz CT molecular complexity index is 1310. The van der Waals surface area contributed by atoms with Gasteiger partial charge in [0.05, 0.1) is 18.8 Å². The molecule has 2 aromatic heterocycles. The molecule has 0 bridgehead atoms. The normalized spacial score (nSPS) is 14.4. The molecule has 3 aromatic rings. The number of carbonyl (C=O) groups is 1. The van der Waals surface area contributed by atoms with Crippen LogP contribution in [0.2, 0.25) is 0 Å². The van der Waals surface area contributed by atoms with E-state index in [4.69, 9.17) is 41.0 Å². The van der Waals surface area contributed by atoms with Crippen LogP contribution in [0, 0.1) is 0 Å². The molecule has 0 aliphatic heterocycles. The number of aliphatic hydroxyl groups is 1. The third kappa shape index (κ3) is 6.90. The van der Waals surface area contributed by atoms with Gasteiger partial charge in [0.1, 0.15) is 24.5 Å². The average Bonchev–Trinajstić information content (AvgIpc) is 3.26. The number of hydrogen-bond acceptors (Lipinski definition) is 13. The van der Waals surface area contributed by atoms with Crippen LogP contribution < -0.4 is 10.5 Å². The summed E-state index contributed by atoms with van der Waals surface area (Å²) in [7, 11) is -4.33. The highest BCUT2D eigenvalue weighted by Gasteiger charge is 2.51. The maximum Gasteiger partial charge on any atom is 0.475 e. The van der Waals surface area contributed by atoms with Crippen LogP contribution in [0.4, 0.5) is 5.82 Å². The van der Waals surface area contributed by atoms with E-state index in [9.17, 15) is 14.5 Å². The molecule has 13 nitrogen and oxygen atoms in total. The Kier molecular flexibility index (Phi) is 9.52. The summed E-state index contributed by atoms with van der Waals surface area (Å²) in [5, 5.41) is 9.88. The molecule has 38 heavy (non-hydrogen) atoms. The lowest BCUT2D eigenvalue weighted by atomic mass is 9.98. The minimum Gasteiger partial charge on any atom is -0.437 e. The first-order valence-electron chi connectivity index (χ1n) is 11.6. The van der Waals surface area contributed by atoms with E-state index in [1.165, 1.54) is 6.92 Å². The van der Waals surface area contributed by atoms with Gasteiger partial charge in [-0.3, -0.25) is 18.4 Å². The minimum atomic E-state index is -4.33. The van der Waals surface area contributed by atoms with Crippen molar-refractivity contribution in [3.05, 3.63) is 43.0 Å². The number of nitrogens with two attached hydrogens (primary N) is 1. The van der Waals surface area contributed by atoms with Crippen molar-refractivity contribution in [1.29, 1.82) is 0 Å². The molecule has 3 rings (SSSR count). The third-order valence-corrected chi connectivity index (χ3v) is 7.00. The first-order valence-corrected chi connectivity index (χ1v) is 13.5. The fraction of sp³-hybridized carbons (Fsp3) is 0.435. The van der Waals surface area contributed by atoms with Crippen LogP contribution in [0.15, 0.2) is 43.0 Å². The second-order valence-electron chi connectivity index (χ2n) is 8.76. The number of thiocarbonyl (C=S) groups is 1. The number of ether oxygens (including phenoxy) is 2. The van der Waals surface area contributed by atoms with E-state index >= 15 is 0 Å². The molecule has 0 saturated heterocycles. The van der Waals surface area contributed by atoms with Gasteiger partial charge in [0.25, 0.3) is 5.91 Å². The number of hydrogen-bond donors (Lipinski definition) is 2. The number of carbonyl (C=O) groups excluding carboxylic acids is 1. The number of fused-ring (bicyclic) bond motifs is 1. The molecule has 0 aliphatic rings. The number of rotatable bonds is 11. The summed E-state index contributed by atoms with van der Waals surface area (Å²) < 4.78 is 42.5. The molecular weight excluding hydrogens is 537 g/mol. The summed E-state index contributed by atoms with van der Waals surface area (Å²) in [6, 6.07) is 8.45. The number of anilines is 1. The van der Waals surface area contributed by atoms with Crippen LogP contribution >= 0.6 is 20.0 Å². The van der Waals surface area contributed by atoms with Crippen molar-refractivity contribution in [2.24, 2.45) is 0 Å². The fourth-order valence-electron chi connectivity index (χ4n) is 3.32. The Morgan fingerprint density at radius 1 is 1.11 bits per heavy atom. The number of benzene rings is 1. The molecule has 2 heterocycles. The molecule has 0 spiro atoms. The lowest BCUT2D eigenvalue weighted by molar-refractivity contribution is -0.0701. The molecule has 0 radical (unpaired) electrons. The van der Waals surface area contributed by atoms with E-state index in [1.54, 1.807) is 58.0 Å². The predicted octanol–water partition coefficient (Wildman–Crippen LogP) is 3.52. The Morgan fingerprint density at radius 3 is 2.32 bits per heavy atom. The van der Waals surface area contributed by atoms with Crippen molar-refractivity contribution in [3.8, 4) is 5.75 Å². The summed E-state index contributed by atoms with van der Waals surface area (Å²) in [4.78, 5) is 26.0. The van der Waals surface area contributed by atoms with Crippen molar-refractivity contribution in [2.75, 3.05) is 12.3 Å². The number of phosphoric ester groups is 1. The van der Waals surface area contributed by atoms with E-state index < -0.39 is 49.5 Å². The Hall–Kier alpha value is -3.00. The minimum absolute atomic E-state index is 0.0437. The van der Waals surface area contributed by atoms with E-state index in [0.29, 0.717) is 5.75 Å². The van der Waals surface area contributed by atoms with Crippen molar-refractivity contribution in [3.63, 3.8) is 0 Å². The van der Waals surface area contributed by atoms with Crippen LogP contribution in [0.1, 0.15) is 39.4 Å². The summed E-state index contributed by atoms with van der Waals surface area (Å²) in [5.74, 6) is -0.474. The lowest BCUT2D eigenvalue weighted by Gasteiger charge is -2.36.